The number of halogens is 1. The van der Waals surface area contributed by atoms with Gasteiger partial charge in [-0.05, 0) is 47.9 Å². The molecule has 1 aliphatic heterocycles. The van der Waals surface area contributed by atoms with Gasteiger partial charge in [-0.2, -0.15) is 0 Å². The number of anilines is 1. The van der Waals surface area contributed by atoms with Crippen LogP contribution in [0.15, 0.2) is 108 Å². The Balaban J connectivity index is 1.30. The van der Waals surface area contributed by atoms with E-state index in [1.165, 1.54) is 11.1 Å². The van der Waals surface area contributed by atoms with Gasteiger partial charge in [0.1, 0.15) is 0 Å². The number of carbonyl (C=O) groups excluding carboxylic acids is 2. The van der Waals surface area contributed by atoms with Crippen LogP contribution < -0.4 is 5.32 Å². The Morgan fingerprint density at radius 2 is 1.34 bits per heavy atom. The minimum Gasteiger partial charge on any atom is -0.336 e. The lowest BCUT2D eigenvalue weighted by Gasteiger charge is -2.40. The first-order valence-corrected chi connectivity index (χ1v) is 13.6. The van der Waals surface area contributed by atoms with Crippen LogP contribution in [-0.4, -0.2) is 47.8 Å². The molecule has 0 bridgehead atoms. The van der Waals surface area contributed by atoms with Gasteiger partial charge in [0.2, 0.25) is 0 Å². The predicted octanol–water partition coefficient (Wildman–Crippen LogP) is 6.56. The fourth-order valence-electron chi connectivity index (χ4n) is 4.95. The molecule has 0 atom stereocenters. The number of hydrogen-bond acceptors (Lipinski definition) is 3. The standard InChI is InChI=1S/C32H30BrN3O2/c1-23-16-17-26(22-28(23)33)31(37)34-29-15-9-8-14-27(29)32(38)36-20-18-35(19-21-36)30(24-10-4-2-5-11-24)25-12-6-3-7-13-25/h2-17,22,30H,18-21H2,1H3,(H,34,37). The summed E-state index contributed by atoms with van der Waals surface area (Å²) in [5, 5.41) is 2.95. The summed E-state index contributed by atoms with van der Waals surface area (Å²) in [5.41, 5.74) is 5.10. The summed E-state index contributed by atoms with van der Waals surface area (Å²) >= 11 is 3.49. The fourth-order valence-corrected chi connectivity index (χ4v) is 5.32. The van der Waals surface area contributed by atoms with Gasteiger partial charge in [0.25, 0.3) is 11.8 Å². The van der Waals surface area contributed by atoms with E-state index >= 15 is 0 Å². The van der Waals surface area contributed by atoms with Crippen LogP contribution in [0.5, 0.6) is 0 Å². The number of nitrogens with zero attached hydrogens (tertiary/aromatic N) is 2. The highest BCUT2D eigenvalue weighted by Crippen LogP contribution is 2.30. The highest BCUT2D eigenvalue weighted by atomic mass is 79.9. The third-order valence-electron chi connectivity index (χ3n) is 7.04. The third-order valence-corrected chi connectivity index (χ3v) is 7.89. The highest BCUT2D eigenvalue weighted by molar-refractivity contribution is 9.10. The van der Waals surface area contributed by atoms with Crippen LogP contribution in [0.3, 0.4) is 0 Å². The average Bonchev–Trinajstić information content (AvgIpc) is 2.96. The molecule has 38 heavy (non-hydrogen) atoms. The van der Waals surface area contributed by atoms with Gasteiger partial charge in [-0.3, -0.25) is 14.5 Å². The van der Waals surface area contributed by atoms with Crippen LogP contribution in [0, 0.1) is 6.92 Å². The zero-order chi connectivity index (χ0) is 26.5. The van der Waals surface area contributed by atoms with E-state index in [-0.39, 0.29) is 17.9 Å². The van der Waals surface area contributed by atoms with Crippen LogP contribution in [0.2, 0.25) is 0 Å². The Labute approximate surface area is 232 Å². The lowest BCUT2D eigenvalue weighted by atomic mass is 9.96. The molecule has 5 rings (SSSR count). The van der Waals surface area contributed by atoms with Gasteiger partial charge >= 0.3 is 0 Å². The monoisotopic (exact) mass is 567 g/mol. The SMILES string of the molecule is Cc1ccc(C(=O)Nc2ccccc2C(=O)N2CCN(C(c3ccccc3)c3ccccc3)CC2)cc1Br. The summed E-state index contributed by atoms with van der Waals surface area (Å²) < 4.78 is 0.872. The first kappa shape index (κ1) is 25.9. The zero-order valence-electron chi connectivity index (χ0n) is 21.3. The minimum absolute atomic E-state index is 0.0680. The molecule has 0 radical (unpaired) electrons. The first-order chi connectivity index (χ1) is 18.5. The summed E-state index contributed by atoms with van der Waals surface area (Å²) in [4.78, 5) is 30.9. The molecule has 4 aromatic carbocycles. The van der Waals surface area contributed by atoms with Gasteiger partial charge in [-0.1, -0.05) is 94.8 Å². The number of nitrogens with one attached hydrogen (secondary N) is 1. The van der Waals surface area contributed by atoms with E-state index in [2.05, 4.69) is 74.7 Å². The molecule has 0 aliphatic carbocycles. The molecule has 1 fully saturated rings. The summed E-state index contributed by atoms with van der Waals surface area (Å²) in [5.74, 6) is -0.314. The lowest BCUT2D eigenvalue weighted by molar-refractivity contribution is 0.0598. The second kappa shape index (κ2) is 11.8. The minimum atomic E-state index is -0.246. The van der Waals surface area contributed by atoms with Crippen molar-refractivity contribution in [2.45, 2.75) is 13.0 Å². The van der Waals surface area contributed by atoms with E-state index < -0.39 is 0 Å². The molecule has 1 N–H and O–H groups in total. The Morgan fingerprint density at radius 3 is 1.95 bits per heavy atom. The Kier molecular flexibility index (Phi) is 8.01. The summed E-state index contributed by atoms with van der Waals surface area (Å²) in [7, 11) is 0. The van der Waals surface area contributed by atoms with Gasteiger partial charge in [0.05, 0.1) is 17.3 Å². The maximum absolute atomic E-state index is 13.6. The molecule has 0 saturated carbocycles. The average molecular weight is 569 g/mol. The van der Waals surface area contributed by atoms with Crippen molar-refractivity contribution >= 4 is 33.4 Å². The van der Waals surface area contributed by atoms with Crippen LogP contribution in [0.1, 0.15) is 43.4 Å². The van der Waals surface area contributed by atoms with E-state index in [0.717, 1.165) is 23.1 Å². The molecule has 1 saturated heterocycles. The second-order valence-electron chi connectivity index (χ2n) is 9.52. The largest absolute Gasteiger partial charge is 0.336 e. The van der Waals surface area contributed by atoms with Crippen LogP contribution in [0.25, 0.3) is 0 Å². The van der Waals surface area contributed by atoms with E-state index in [1.54, 1.807) is 24.3 Å². The molecule has 5 nitrogen and oxygen atoms in total. The van der Waals surface area contributed by atoms with Crippen LogP contribution >= 0.6 is 15.9 Å². The zero-order valence-corrected chi connectivity index (χ0v) is 22.9. The quantitative estimate of drug-likeness (QED) is 0.287. The van der Waals surface area contributed by atoms with E-state index in [1.807, 2.05) is 42.2 Å². The van der Waals surface area contributed by atoms with Gasteiger partial charge < -0.3 is 10.2 Å². The second-order valence-corrected chi connectivity index (χ2v) is 10.4. The molecule has 0 aromatic heterocycles. The van der Waals surface area contributed by atoms with E-state index in [4.69, 9.17) is 0 Å². The van der Waals surface area contributed by atoms with Crippen molar-refractivity contribution in [3.8, 4) is 0 Å². The molecule has 1 heterocycles. The molecule has 6 heteroatoms. The first-order valence-electron chi connectivity index (χ1n) is 12.8. The predicted molar refractivity (Wildman–Crippen MR) is 155 cm³/mol. The number of para-hydroxylation sites is 1. The smallest absolute Gasteiger partial charge is 0.256 e. The van der Waals surface area contributed by atoms with Crippen molar-refractivity contribution in [1.29, 1.82) is 0 Å². The number of amides is 2. The molecular weight excluding hydrogens is 538 g/mol. The van der Waals surface area contributed by atoms with Crippen molar-refractivity contribution in [1.82, 2.24) is 9.80 Å². The Bertz CT molecular complexity index is 1380. The number of piperazine rings is 1. The van der Waals surface area contributed by atoms with Crippen LogP contribution in [-0.2, 0) is 0 Å². The number of carbonyl (C=O) groups is 2. The fraction of sp³-hybridized carbons (Fsp3) is 0.188. The Hall–Kier alpha value is -3.74. The van der Waals surface area contributed by atoms with E-state index in [9.17, 15) is 9.59 Å². The maximum Gasteiger partial charge on any atom is 0.256 e. The van der Waals surface area contributed by atoms with Crippen LogP contribution in [0.4, 0.5) is 5.69 Å². The van der Waals surface area contributed by atoms with Crippen molar-refractivity contribution in [3.05, 3.63) is 135 Å². The molecule has 1 aliphatic rings. The number of aryl methyl sites for hydroxylation is 1. The van der Waals surface area contributed by atoms with Crippen molar-refractivity contribution in [3.63, 3.8) is 0 Å². The van der Waals surface area contributed by atoms with Gasteiger partial charge in [-0.25, -0.2) is 0 Å². The summed E-state index contributed by atoms with van der Waals surface area (Å²) in [6, 6.07) is 33.9. The number of benzene rings is 4. The summed E-state index contributed by atoms with van der Waals surface area (Å²) in [6.45, 7) is 4.71. The van der Waals surface area contributed by atoms with Crippen molar-refractivity contribution < 1.29 is 9.59 Å². The van der Waals surface area contributed by atoms with E-state index in [0.29, 0.717) is 29.9 Å². The van der Waals surface area contributed by atoms with Crippen molar-refractivity contribution in [2.24, 2.45) is 0 Å². The highest BCUT2D eigenvalue weighted by Gasteiger charge is 2.29. The van der Waals surface area contributed by atoms with Gasteiger partial charge in [0, 0.05) is 36.2 Å². The van der Waals surface area contributed by atoms with Crippen molar-refractivity contribution in [2.75, 3.05) is 31.5 Å². The molecule has 4 aromatic rings. The topological polar surface area (TPSA) is 52.7 Å². The lowest BCUT2D eigenvalue weighted by Crippen LogP contribution is -2.50. The summed E-state index contributed by atoms with van der Waals surface area (Å²) in [6.07, 6.45) is 0. The Morgan fingerprint density at radius 1 is 0.763 bits per heavy atom. The normalized spacial score (nSPS) is 13.9. The third kappa shape index (κ3) is 5.72. The number of hydrogen-bond donors (Lipinski definition) is 1. The molecule has 0 spiro atoms. The van der Waals surface area contributed by atoms with Gasteiger partial charge in [0.15, 0.2) is 0 Å². The molecule has 2 amide bonds. The molecule has 192 valence electrons. The molecular formula is C32H30BrN3O2. The number of rotatable bonds is 6. The molecule has 0 unspecified atom stereocenters. The van der Waals surface area contributed by atoms with Gasteiger partial charge in [-0.15, -0.1) is 0 Å². The maximum atomic E-state index is 13.6.